The molecule has 0 radical (unpaired) electrons. The second kappa shape index (κ2) is 6.40. The SMILES string of the molecule is C[C@@H]1[C@H](C(=O)O)CCCN1C(=O)c1cnc2c(c1)c(=O)n(C)c(=O)n2C. The molecule has 0 spiro atoms. The molecule has 26 heavy (non-hydrogen) atoms. The number of aryl methyl sites for hydroxylation is 1. The first kappa shape index (κ1) is 17.8. The van der Waals surface area contributed by atoms with Gasteiger partial charge in [0.25, 0.3) is 11.5 Å². The predicted molar refractivity (Wildman–Crippen MR) is 93.1 cm³/mol. The molecule has 2 aromatic rings. The van der Waals surface area contributed by atoms with Gasteiger partial charge in [-0.15, -0.1) is 0 Å². The summed E-state index contributed by atoms with van der Waals surface area (Å²) in [6, 6.07) is 0.969. The summed E-state index contributed by atoms with van der Waals surface area (Å²) in [6.07, 6.45) is 2.45. The standard InChI is InChI=1S/C17H20N4O5/c1-9-11(16(24)25)5-4-6-21(9)14(22)10-7-12-13(18-8-10)19(2)17(26)20(3)15(12)23/h7-9,11H,4-6H2,1-3H3,(H,24,25)/t9-,11-/m1/s1. The zero-order chi connectivity index (χ0) is 19.2. The van der Waals surface area contributed by atoms with Crippen molar-refractivity contribution in [1.82, 2.24) is 19.0 Å². The van der Waals surface area contributed by atoms with Crippen LogP contribution in [0.2, 0.25) is 0 Å². The van der Waals surface area contributed by atoms with Crippen LogP contribution >= 0.6 is 0 Å². The molecule has 9 heteroatoms. The van der Waals surface area contributed by atoms with Gasteiger partial charge in [0.15, 0.2) is 0 Å². The number of fused-ring (bicyclic) bond motifs is 1. The Hall–Kier alpha value is -2.97. The number of piperidine rings is 1. The number of aromatic nitrogens is 3. The molecule has 0 bridgehead atoms. The third-order valence-corrected chi connectivity index (χ3v) is 5.11. The lowest BCUT2D eigenvalue weighted by molar-refractivity contribution is -0.144. The molecule has 0 saturated carbocycles. The van der Waals surface area contributed by atoms with E-state index in [0.29, 0.717) is 19.4 Å². The van der Waals surface area contributed by atoms with Crippen LogP contribution < -0.4 is 11.2 Å². The Labute approximate surface area is 148 Å². The van der Waals surface area contributed by atoms with Gasteiger partial charge in [-0.2, -0.15) is 0 Å². The van der Waals surface area contributed by atoms with E-state index in [1.807, 2.05) is 0 Å². The topological polar surface area (TPSA) is 114 Å². The lowest BCUT2D eigenvalue weighted by Gasteiger charge is -2.37. The predicted octanol–water partition coefficient (Wildman–Crippen LogP) is -0.0425. The minimum atomic E-state index is -0.921. The zero-order valence-corrected chi connectivity index (χ0v) is 14.8. The van der Waals surface area contributed by atoms with Crippen molar-refractivity contribution in [3.05, 3.63) is 38.7 Å². The van der Waals surface area contributed by atoms with Crippen LogP contribution in [-0.4, -0.2) is 48.6 Å². The summed E-state index contributed by atoms with van der Waals surface area (Å²) in [5.74, 6) is -1.90. The molecule has 2 aromatic heterocycles. The smallest absolute Gasteiger partial charge is 0.332 e. The van der Waals surface area contributed by atoms with E-state index in [9.17, 15) is 24.3 Å². The Morgan fingerprint density at radius 3 is 2.58 bits per heavy atom. The minimum absolute atomic E-state index is 0.167. The molecular formula is C17H20N4O5. The molecule has 138 valence electrons. The Morgan fingerprint density at radius 1 is 1.23 bits per heavy atom. The highest BCUT2D eigenvalue weighted by Crippen LogP contribution is 2.25. The summed E-state index contributed by atoms with van der Waals surface area (Å²) in [5, 5.41) is 9.48. The van der Waals surface area contributed by atoms with Crippen LogP contribution in [0, 0.1) is 5.92 Å². The van der Waals surface area contributed by atoms with E-state index < -0.39 is 29.2 Å². The largest absolute Gasteiger partial charge is 0.481 e. The summed E-state index contributed by atoms with van der Waals surface area (Å²) in [7, 11) is 2.87. The third-order valence-electron chi connectivity index (χ3n) is 5.11. The van der Waals surface area contributed by atoms with Gasteiger partial charge in [0.05, 0.1) is 16.9 Å². The molecule has 3 heterocycles. The van der Waals surface area contributed by atoms with Gasteiger partial charge in [-0.1, -0.05) is 0 Å². The Kier molecular flexibility index (Phi) is 4.39. The maximum atomic E-state index is 12.9. The van der Waals surface area contributed by atoms with E-state index in [2.05, 4.69) is 4.98 Å². The van der Waals surface area contributed by atoms with Crippen molar-refractivity contribution in [2.24, 2.45) is 20.0 Å². The zero-order valence-electron chi connectivity index (χ0n) is 14.8. The number of rotatable bonds is 2. The number of likely N-dealkylation sites (tertiary alicyclic amines) is 1. The molecule has 1 fully saturated rings. The number of aliphatic carboxylic acids is 1. The van der Waals surface area contributed by atoms with Crippen molar-refractivity contribution in [3.8, 4) is 0 Å². The van der Waals surface area contributed by atoms with E-state index in [4.69, 9.17) is 0 Å². The fraction of sp³-hybridized carbons (Fsp3) is 0.471. The number of carbonyl (C=O) groups is 2. The average Bonchev–Trinajstić information content (AvgIpc) is 2.63. The summed E-state index contributed by atoms with van der Waals surface area (Å²) in [6.45, 7) is 2.17. The van der Waals surface area contributed by atoms with Gasteiger partial charge in [0.1, 0.15) is 5.65 Å². The molecular weight excluding hydrogens is 340 g/mol. The van der Waals surface area contributed by atoms with Gasteiger partial charge in [0, 0.05) is 32.9 Å². The van der Waals surface area contributed by atoms with E-state index in [-0.39, 0.29) is 22.5 Å². The number of hydrogen-bond acceptors (Lipinski definition) is 5. The molecule has 1 aliphatic heterocycles. The first-order valence-electron chi connectivity index (χ1n) is 8.33. The number of carbonyl (C=O) groups excluding carboxylic acids is 1. The van der Waals surface area contributed by atoms with Gasteiger partial charge in [-0.25, -0.2) is 9.78 Å². The summed E-state index contributed by atoms with van der Waals surface area (Å²) in [4.78, 5) is 54.2. The normalized spacial score (nSPS) is 20.3. The van der Waals surface area contributed by atoms with Crippen LogP contribution in [0.1, 0.15) is 30.1 Å². The molecule has 1 amide bonds. The average molecular weight is 360 g/mol. The number of carboxylic acids is 1. The highest BCUT2D eigenvalue weighted by atomic mass is 16.4. The van der Waals surface area contributed by atoms with Crippen LogP contribution in [-0.2, 0) is 18.9 Å². The number of nitrogens with zero attached hydrogens (tertiary/aromatic N) is 4. The van der Waals surface area contributed by atoms with Gasteiger partial charge in [0.2, 0.25) is 0 Å². The number of carboxylic acid groups (broad SMARTS) is 1. The number of pyridine rings is 1. The van der Waals surface area contributed by atoms with E-state index in [0.717, 1.165) is 4.57 Å². The minimum Gasteiger partial charge on any atom is -0.481 e. The monoisotopic (exact) mass is 360 g/mol. The molecule has 0 unspecified atom stereocenters. The van der Waals surface area contributed by atoms with Crippen LogP contribution in [0.15, 0.2) is 21.9 Å². The molecule has 0 aliphatic carbocycles. The van der Waals surface area contributed by atoms with Crippen LogP contribution in [0.3, 0.4) is 0 Å². The van der Waals surface area contributed by atoms with Gasteiger partial charge >= 0.3 is 11.7 Å². The maximum Gasteiger partial charge on any atom is 0.332 e. The second-order valence-corrected chi connectivity index (χ2v) is 6.63. The fourth-order valence-corrected chi connectivity index (χ4v) is 3.51. The molecule has 3 rings (SSSR count). The Morgan fingerprint density at radius 2 is 1.92 bits per heavy atom. The van der Waals surface area contributed by atoms with Crippen LogP contribution in [0.25, 0.3) is 11.0 Å². The van der Waals surface area contributed by atoms with Crippen molar-refractivity contribution >= 4 is 22.9 Å². The van der Waals surface area contributed by atoms with Crippen LogP contribution in [0.5, 0.6) is 0 Å². The molecule has 1 saturated heterocycles. The van der Waals surface area contributed by atoms with Crippen molar-refractivity contribution in [3.63, 3.8) is 0 Å². The summed E-state index contributed by atoms with van der Waals surface area (Å²) in [5.41, 5.74) is -0.626. The Balaban J connectivity index is 2.06. The molecule has 9 nitrogen and oxygen atoms in total. The highest BCUT2D eigenvalue weighted by Gasteiger charge is 2.35. The number of hydrogen-bond donors (Lipinski definition) is 1. The lowest BCUT2D eigenvalue weighted by atomic mass is 9.90. The molecule has 2 atom stereocenters. The van der Waals surface area contributed by atoms with E-state index in [1.54, 1.807) is 6.92 Å². The van der Waals surface area contributed by atoms with E-state index in [1.165, 1.54) is 35.8 Å². The highest BCUT2D eigenvalue weighted by molar-refractivity contribution is 5.97. The first-order valence-corrected chi connectivity index (χ1v) is 8.33. The fourth-order valence-electron chi connectivity index (χ4n) is 3.51. The quantitative estimate of drug-likeness (QED) is 0.803. The van der Waals surface area contributed by atoms with Gasteiger partial charge < -0.3 is 10.0 Å². The van der Waals surface area contributed by atoms with Crippen molar-refractivity contribution < 1.29 is 14.7 Å². The molecule has 1 aliphatic rings. The molecule has 1 N–H and O–H groups in total. The third kappa shape index (κ3) is 2.69. The number of amides is 1. The van der Waals surface area contributed by atoms with Crippen molar-refractivity contribution in [2.75, 3.05) is 6.54 Å². The first-order chi connectivity index (χ1) is 12.2. The van der Waals surface area contributed by atoms with Gasteiger partial charge in [-0.05, 0) is 25.8 Å². The maximum absolute atomic E-state index is 12.9. The summed E-state index contributed by atoms with van der Waals surface area (Å²) >= 11 is 0. The van der Waals surface area contributed by atoms with E-state index >= 15 is 0 Å². The summed E-state index contributed by atoms with van der Waals surface area (Å²) < 4.78 is 2.21. The van der Waals surface area contributed by atoms with Gasteiger partial charge in [-0.3, -0.25) is 23.5 Å². The van der Waals surface area contributed by atoms with Crippen molar-refractivity contribution in [1.29, 1.82) is 0 Å². The van der Waals surface area contributed by atoms with Crippen LogP contribution in [0.4, 0.5) is 0 Å². The van der Waals surface area contributed by atoms with Crippen molar-refractivity contribution in [2.45, 2.75) is 25.8 Å². The lowest BCUT2D eigenvalue weighted by Crippen LogP contribution is -2.49. The Bertz CT molecular complexity index is 1020. The second-order valence-electron chi connectivity index (χ2n) is 6.63. The molecule has 0 aromatic carbocycles.